The van der Waals surface area contributed by atoms with Crippen LogP contribution in [0.5, 0.6) is 0 Å². The van der Waals surface area contributed by atoms with Gasteiger partial charge in [0.25, 0.3) is 0 Å². The normalized spacial score (nSPS) is 14.9. The molecule has 0 saturated heterocycles. The summed E-state index contributed by atoms with van der Waals surface area (Å²) in [5.41, 5.74) is 1.05. The van der Waals surface area contributed by atoms with Crippen molar-refractivity contribution in [2.75, 3.05) is 0 Å². The number of carbonyl (C=O) groups is 1. The van der Waals surface area contributed by atoms with Gasteiger partial charge in [-0.05, 0) is 31.0 Å². The Balaban J connectivity index is 2.88. The zero-order valence-electron chi connectivity index (χ0n) is 11.3. The second-order valence-corrected chi connectivity index (χ2v) is 6.25. The third-order valence-corrected chi connectivity index (χ3v) is 4.70. The lowest BCUT2D eigenvalue weighted by Crippen LogP contribution is -2.39. The standard InChI is InChI=1S/C13H19NO4S/c1-4-11-5-7-12(8-6-11)19(17,18)14-10(3)9(2)13(15)16/h5-10,14H,4H2,1-3H3,(H,15,16). The van der Waals surface area contributed by atoms with Gasteiger partial charge in [0.2, 0.25) is 10.0 Å². The number of aryl methyl sites for hydroxylation is 1. The number of nitrogens with one attached hydrogen (secondary N) is 1. The Kier molecular flexibility index (Phi) is 5.08. The van der Waals surface area contributed by atoms with E-state index in [2.05, 4.69) is 4.72 Å². The maximum atomic E-state index is 12.1. The van der Waals surface area contributed by atoms with Crippen molar-refractivity contribution in [2.24, 2.45) is 5.92 Å². The zero-order valence-corrected chi connectivity index (χ0v) is 12.1. The first-order valence-corrected chi connectivity index (χ1v) is 7.60. The minimum Gasteiger partial charge on any atom is -0.481 e. The van der Waals surface area contributed by atoms with E-state index in [-0.39, 0.29) is 4.90 Å². The van der Waals surface area contributed by atoms with E-state index >= 15 is 0 Å². The molecule has 0 aliphatic heterocycles. The fourth-order valence-electron chi connectivity index (χ4n) is 1.53. The third-order valence-electron chi connectivity index (χ3n) is 3.12. The molecular formula is C13H19NO4S. The van der Waals surface area contributed by atoms with E-state index in [1.54, 1.807) is 12.1 Å². The van der Waals surface area contributed by atoms with Gasteiger partial charge < -0.3 is 5.11 Å². The van der Waals surface area contributed by atoms with Gasteiger partial charge in [0, 0.05) is 6.04 Å². The second-order valence-electron chi connectivity index (χ2n) is 4.53. The van der Waals surface area contributed by atoms with Crippen LogP contribution in [-0.2, 0) is 21.2 Å². The van der Waals surface area contributed by atoms with Crippen molar-refractivity contribution in [2.45, 2.75) is 38.1 Å². The molecule has 2 atom stereocenters. The highest BCUT2D eigenvalue weighted by Gasteiger charge is 2.25. The molecule has 0 aromatic heterocycles. The highest BCUT2D eigenvalue weighted by Crippen LogP contribution is 2.13. The number of hydrogen-bond donors (Lipinski definition) is 2. The van der Waals surface area contributed by atoms with Crippen molar-refractivity contribution in [1.29, 1.82) is 0 Å². The summed E-state index contributed by atoms with van der Waals surface area (Å²) in [4.78, 5) is 11.0. The predicted molar refractivity (Wildman–Crippen MR) is 72.4 cm³/mol. The Hall–Kier alpha value is -1.40. The van der Waals surface area contributed by atoms with Crippen LogP contribution in [0.2, 0.25) is 0 Å². The van der Waals surface area contributed by atoms with Crippen molar-refractivity contribution in [3.63, 3.8) is 0 Å². The fraction of sp³-hybridized carbons (Fsp3) is 0.462. The number of hydrogen-bond acceptors (Lipinski definition) is 3. The summed E-state index contributed by atoms with van der Waals surface area (Å²) in [7, 11) is -3.68. The zero-order chi connectivity index (χ0) is 14.6. The summed E-state index contributed by atoms with van der Waals surface area (Å²) in [5, 5.41) is 8.85. The molecule has 2 N–H and O–H groups in total. The Morgan fingerprint density at radius 1 is 1.26 bits per heavy atom. The van der Waals surface area contributed by atoms with Crippen LogP contribution in [0.15, 0.2) is 29.2 Å². The van der Waals surface area contributed by atoms with E-state index in [0.29, 0.717) is 0 Å². The summed E-state index contributed by atoms with van der Waals surface area (Å²) in [6, 6.07) is 5.88. The van der Waals surface area contributed by atoms with Crippen LogP contribution in [0.25, 0.3) is 0 Å². The molecular weight excluding hydrogens is 266 g/mol. The average molecular weight is 285 g/mol. The molecule has 0 heterocycles. The van der Waals surface area contributed by atoms with Crippen molar-refractivity contribution in [3.8, 4) is 0 Å². The molecule has 6 heteroatoms. The number of rotatable bonds is 6. The van der Waals surface area contributed by atoms with E-state index < -0.39 is 28.0 Å². The van der Waals surface area contributed by atoms with Gasteiger partial charge in [-0.3, -0.25) is 4.79 Å². The largest absolute Gasteiger partial charge is 0.481 e. The first-order chi connectivity index (χ1) is 8.77. The van der Waals surface area contributed by atoms with Crippen LogP contribution < -0.4 is 4.72 Å². The maximum absolute atomic E-state index is 12.1. The molecule has 5 nitrogen and oxygen atoms in total. The van der Waals surface area contributed by atoms with Crippen molar-refractivity contribution in [3.05, 3.63) is 29.8 Å². The first kappa shape index (κ1) is 15.7. The Labute approximate surface area is 113 Å². The summed E-state index contributed by atoms with van der Waals surface area (Å²) >= 11 is 0. The first-order valence-electron chi connectivity index (χ1n) is 6.12. The van der Waals surface area contributed by atoms with Gasteiger partial charge in [-0.15, -0.1) is 0 Å². The summed E-state index contributed by atoms with van der Waals surface area (Å²) in [5.74, 6) is -1.82. The second kappa shape index (κ2) is 6.16. The van der Waals surface area contributed by atoms with Gasteiger partial charge >= 0.3 is 5.97 Å². The smallest absolute Gasteiger partial charge is 0.307 e. The molecule has 0 aliphatic rings. The van der Waals surface area contributed by atoms with Crippen LogP contribution in [-0.4, -0.2) is 25.5 Å². The average Bonchev–Trinajstić information content (AvgIpc) is 2.37. The topological polar surface area (TPSA) is 83.5 Å². The lowest BCUT2D eigenvalue weighted by Gasteiger charge is -2.17. The molecule has 106 valence electrons. The van der Waals surface area contributed by atoms with Crippen LogP contribution in [0.4, 0.5) is 0 Å². The van der Waals surface area contributed by atoms with Crippen LogP contribution >= 0.6 is 0 Å². The van der Waals surface area contributed by atoms with Gasteiger partial charge in [-0.25, -0.2) is 13.1 Å². The summed E-state index contributed by atoms with van der Waals surface area (Å²) in [6.45, 7) is 4.99. The molecule has 2 unspecified atom stereocenters. The lowest BCUT2D eigenvalue weighted by atomic mass is 10.1. The van der Waals surface area contributed by atoms with E-state index in [0.717, 1.165) is 12.0 Å². The molecule has 1 rings (SSSR count). The van der Waals surface area contributed by atoms with E-state index in [4.69, 9.17) is 5.11 Å². The molecule has 0 radical (unpaired) electrons. The molecule has 0 aliphatic carbocycles. The van der Waals surface area contributed by atoms with Crippen LogP contribution in [0.1, 0.15) is 26.3 Å². The number of carboxylic acid groups (broad SMARTS) is 1. The summed E-state index contributed by atoms with van der Waals surface area (Å²) in [6.07, 6.45) is 0.834. The number of sulfonamides is 1. The van der Waals surface area contributed by atoms with Gasteiger partial charge in [-0.1, -0.05) is 26.0 Å². The third kappa shape index (κ3) is 4.04. The molecule has 0 amide bonds. The van der Waals surface area contributed by atoms with Crippen molar-refractivity contribution >= 4 is 16.0 Å². The van der Waals surface area contributed by atoms with Gasteiger partial charge in [-0.2, -0.15) is 0 Å². The van der Waals surface area contributed by atoms with Crippen molar-refractivity contribution < 1.29 is 18.3 Å². The number of carboxylic acids is 1. The highest BCUT2D eigenvalue weighted by atomic mass is 32.2. The Morgan fingerprint density at radius 2 is 1.79 bits per heavy atom. The minimum atomic E-state index is -3.68. The Morgan fingerprint density at radius 3 is 2.21 bits per heavy atom. The quantitative estimate of drug-likeness (QED) is 0.832. The SMILES string of the molecule is CCc1ccc(S(=O)(=O)NC(C)C(C)C(=O)O)cc1. The molecule has 0 bridgehead atoms. The van der Waals surface area contributed by atoms with E-state index in [1.807, 2.05) is 6.92 Å². The molecule has 0 saturated carbocycles. The monoisotopic (exact) mass is 285 g/mol. The van der Waals surface area contributed by atoms with Crippen LogP contribution in [0, 0.1) is 5.92 Å². The van der Waals surface area contributed by atoms with Gasteiger partial charge in [0.15, 0.2) is 0 Å². The number of aliphatic carboxylic acids is 1. The Bertz CT molecular complexity index is 536. The minimum absolute atomic E-state index is 0.147. The lowest BCUT2D eigenvalue weighted by molar-refractivity contribution is -0.141. The maximum Gasteiger partial charge on any atom is 0.307 e. The molecule has 0 spiro atoms. The summed E-state index contributed by atoms with van der Waals surface area (Å²) < 4.78 is 26.5. The van der Waals surface area contributed by atoms with E-state index in [1.165, 1.54) is 26.0 Å². The van der Waals surface area contributed by atoms with E-state index in [9.17, 15) is 13.2 Å². The van der Waals surface area contributed by atoms with Crippen LogP contribution in [0.3, 0.4) is 0 Å². The molecule has 1 aromatic carbocycles. The molecule has 19 heavy (non-hydrogen) atoms. The van der Waals surface area contributed by atoms with Gasteiger partial charge in [0.05, 0.1) is 10.8 Å². The number of benzene rings is 1. The molecule has 1 aromatic rings. The highest BCUT2D eigenvalue weighted by molar-refractivity contribution is 7.89. The fourth-order valence-corrected chi connectivity index (χ4v) is 2.86. The van der Waals surface area contributed by atoms with Crippen molar-refractivity contribution in [1.82, 2.24) is 4.72 Å². The molecule has 0 fully saturated rings. The predicted octanol–water partition coefficient (Wildman–Crippen LogP) is 1.64. The van der Waals surface area contributed by atoms with Gasteiger partial charge in [0.1, 0.15) is 0 Å².